The molecule has 18 heteroatoms. The van der Waals surface area contributed by atoms with Crippen molar-refractivity contribution in [1.82, 2.24) is 0 Å². The summed E-state index contributed by atoms with van der Waals surface area (Å²) in [6, 6.07) is 0. The molecule has 0 radical (unpaired) electrons. The molecule has 18 nitrogen and oxygen atoms in total. The van der Waals surface area contributed by atoms with Crippen molar-refractivity contribution in [2.75, 3.05) is 0 Å². The van der Waals surface area contributed by atoms with E-state index in [1.165, 1.54) is 0 Å². The highest BCUT2D eigenvalue weighted by atomic mass is 16.7. The number of hydrogen-bond donors (Lipinski definition) is 4. The SMILES string of the molecule is C=C1C[C@@H]2CC[C@]34C[C@@H](O)C(O3)[C@H]3CC(O4)[C@H]4O[C@H](CC[C@@H]4O3)CC(=O)O[C@@H]3[C@@H](C)[C@@H]4O[C@H](CC(=O)C[C@@H]5O[C@@]6(C[C@H](C)[C@@H]5O)C[C@H](C)[C@@H]5O[C@H](C)[C@H](O)C[C@@H]5O6)[C@H](O)C[C@@H]4O[C@H]3C[C@H]3O[C@@H](CC[C@@H]1O2)C[C@@H](C)C3=C. The van der Waals surface area contributed by atoms with Crippen LogP contribution in [0.1, 0.15) is 150 Å². The number of carbonyl (C=O) groups excluding carboxylic acids is 2. The first-order valence-electron chi connectivity index (χ1n) is 29.4. The second-order valence-corrected chi connectivity index (χ2v) is 25.9. The van der Waals surface area contributed by atoms with Crippen LogP contribution in [0.15, 0.2) is 24.3 Å². The predicted molar refractivity (Wildman–Crippen MR) is 268 cm³/mol. The fourth-order valence-corrected chi connectivity index (χ4v) is 16.1. The van der Waals surface area contributed by atoms with Crippen molar-refractivity contribution >= 4 is 11.8 Å². The van der Waals surface area contributed by atoms with E-state index < -0.39 is 109 Å². The third-order valence-electron chi connectivity index (χ3n) is 20.2. The molecule has 0 saturated carbocycles. The molecule has 29 atom stereocenters. The number of Topliss-reactive ketones (excluding diaryl/α,β-unsaturated/α-hetero) is 1. The first kappa shape index (κ1) is 54.6. The van der Waals surface area contributed by atoms with E-state index >= 15 is 0 Å². The number of ketones is 1. The summed E-state index contributed by atoms with van der Waals surface area (Å²) >= 11 is 0. The van der Waals surface area contributed by atoms with Crippen LogP contribution in [-0.2, 0) is 66.4 Å². The number of carbonyl (C=O) groups is 2. The minimum atomic E-state index is -1.05. The van der Waals surface area contributed by atoms with Gasteiger partial charge in [0.05, 0.1) is 129 Å². The third kappa shape index (κ3) is 10.6. The van der Waals surface area contributed by atoms with Crippen molar-refractivity contribution in [2.24, 2.45) is 23.7 Å². The molecule has 0 aliphatic carbocycles. The standard InChI is InChI=1S/C58H86O18/c1-26-14-34-8-10-40-27(2)15-36(66-40)12-13-57-25-39(62)55(76-57)47-22-49(74-57)56-41(69-47)11-9-35(68-56)18-50(63)72-54-31(6)53-45(70-46(54)21-42(67-34)30(26)5)20-38(61)43(71-53)16-33(59)17-44-51(64)28(3)23-58(73-44)24-29(4)52-48(75-58)19-37(60)32(7)65-52/h26,28-29,31-32,34-49,51-56,60-62,64H,2,5,8-25H2,1,3-4,6-7H3/t26-,28+,29+,31+,32-,34+,35-,36+,37-,38-,39-,40+,41+,42-,43-,44+,45+,46+,47-,48+,49?,51+,52+,53+,54-,55?,56+,57-,58-/m1/s1. The Bertz CT molecular complexity index is 2160. The van der Waals surface area contributed by atoms with Gasteiger partial charge in [0.15, 0.2) is 11.6 Å². The number of fused-ring (bicyclic) bond motifs is 11. The van der Waals surface area contributed by atoms with Crippen molar-refractivity contribution in [3.8, 4) is 0 Å². The molecule has 12 aliphatic rings. The van der Waals surface area contributed by atoms with Gasteiger partial charge < -0.3 is 77.3 Å². The van der Waals surface area contributed by atoms with Crippen LogP contribution in [0.4, 0.5) is 0 Å². The van der Waals surface area contributed by atoms with E-state index in [0.717, 1.165) is 36.8 Å². The molecule has 76 heavy (non-hydrogen) atoms. The summed E-state index contributed by atoms with van der Waals surface area (Å²) in [6.07, 6.45) is -3.66. The van der Waals surface area contributed by atoms with E-state index in [1.807, 2.05) is 20.8 Å². The fraction of sp³-hybridized carbons (Fsp3) is 0.897. The Labute approximate surface area is 447 Å². The minimum Gasteiger partial charge on any atom is -0.459 e. The van der Waals surface area contributed by atoms with Gasteiger partial charge in [0.25, 0.3) is 0 Å². The van der Waals surface area contributed by atoms with Crippen LogP contribution in [-0.4, -0.2) is 184 Å². The topological polar surface area (TPSA) is 226 Å². The number of esters is 1. The first-order chi connectivity index (χ1) is 36.3. The number of hydrogen-bond acceptors (Lipinski definition) is 18. The van der Waals surface area contributed by atoms with Crippen LogP contribution in [0.5, 0.6) is 0 Å². The summed E-state index contributed by atoms with van der Waals surface area (Å²) in [4.78, 5) is 28.6. The molecule has 12 heterocycles. The van der Waals surface area contributed by atoms with Gasteiger partial charge in [0, 0.05) is 70.1 Å². The maximum Gasteiger partial charge on any atom is 0.308 e. The number of aliphatic hydroxyl groups excluding tert-OH is 4. The fourth-order valence-electron chi connectivity index (χ4n) is 16.1. The Balaban J connectivity index is 0.754. The highest BCUT2D eigenvalue weighted by molar-refractivity contribution is 5.79. The first-order valence-corrected chi connectivity index (χ1v) is 29.4. The zero-order valence-electron chi connectivity index (χ0n) is 45.2. The monoisotopic (exact) mass is 1070 g/mol. The molecule has 0 amide bonds. The molecule has 10 bridgehead atoms. The van der Waals surface area contributed by atoms with Crippen LogP contribution in [0, 0.1) is 23.7 Å². The van der Waals surface area contributed by atoms with Crippen LogP contribution < -0.4 is 0 Å². The van der Waals surface area contributed by atoms with E-state index in [4.69, 9.17) is 56.8 Å². The van der Waals surface area contributed by atoms with Gasteiger partial charge in [-0.15, -0.1) is 0 Å². The summed E-state index contributed by atoms with van der Waals surface area (Å²) in [5.41, 5.74) is 2.02. The van der Waals surface area contributed by atoms with Gasteiger partial charge in [-0.3, -0.25) is 9.59 Å². The lowest BCUT2D eigenvalue weighted by molar-refractivity contribution is -0.374. The van der Waals surface area contributed by atoms with Crippen molar-refractivity contribution in [3.05, 3.63) is 24.3 Å². The lowest BCUT2D eigenvalue weighted by atomic mass is 9.77. The molecule has 0 aromatic heterocycles. The summed E-state index contributed by atoms with van der Waals surface area (Å²) in [5, 5.41) is 45.2. The molecule has 12 fully saturated rings. The number of rotatable bonds is 4. The van der Waals surface area contributed by atoms with Crippen LogP contribution in [0.2, 0.25) is 0 Å². The van der Waals surface area contributed by atoms with Crippen molar-refractivity contribution < 1.29 is 86.9 Å². The normalized spacial score (nSPS) is 54.6. The predicted octanol–water partition coefficient (Wildman–Crippen LogP) is 4.98. The molecule has 12 rings (SSSR count). The Morgan fingerprint density at radius 3 is 2.05 bits per heavy atom. The second kappa shape index (κ2) is 21.4. The zero-order chi connectivity index (χ0) is 53.1. The Morgan fingerprint density at radius 1 is 0.539 bits per heavy atom. The summed E-state index contributed by atoms with van der Waals surface area (Å²) in [7, 11) is 0. The Morgan fingerprint density at radius 2 is 1.22 bits per heavy atom. The van der Waals surface area contributed by atoms with E-state index in [1.54, 1.807) is 0 Å². The average Bonchev–Trinajstić information content (AvgIpc) is 3.85. The van der Waals surface area contributed by atoms with E-state index in [2.05, 4.69) is 27.0 Å². The Hall–Kier alpha value is -1.98. The maximum absolute atomic E-state index is 14.4. The highest BCUT2D eigenvalue weighted by Crippen LogP contribution is 2.51. The van der Waals surface area contributed by atoms with Crippen LogP contribution >= 0.6 is 0 Å². The van der Waals surface area contributed by atoms with E-state index in [-0.39, 0.29) is 104 Å². The second-order valence-electron chi connectivity index (χ2n) is 25.9. The molecular weight excluding hydrogens is 985 g/mol. The maximum atomic E-state index is 14.4. The number of ether oxygens (including phenoxy) is 12. The van der Waals surface area contributed by atoms with Gasteiger partial charge in [0.1, 0.15) is 24.1 Å². The van der Waals surface area contributed by atoms with Gasteiger partial charge in [-0.25, -0.2) is 0 Å². The van der Waals surface area contributed by atoms with Crippen molar-refractivity contribution in [1.29, 1.82) is 0 Å². The molecule has 12 aliphatic heterocycles. The summed E-state index contributed by atoms with van der Waals surface area (Å²) < 4.78 is 80.2. The Kier molecular flexibility index (Phi) is 15.4. The molecule has 0 aromatic rings. The molecule has 2 spiro atoms. The largest absolute Gasteiger partial charge is 0.459 e. The molecule has 0 aromatic carbocycles. The van der Waals surface area contributed by atoms with Gasteiger partial charge >= 0.3 is 5.97 Å². The highest BCUT2D eigenvalue weighted by Gasteiger charge is 2.61. The minimum absolute atomic E-state index is 0.00593. The van der Waals surface area contributed by atoms with Crippen molar-refractivity contribution in [2.45, 2.75) is 302 Å². The van der Waals surface area contributed by atoms with Gasteiger partial charge in [-0.2, -0.15) is 0 Å². The van der Waals surface area contributed by atoms with E-state index in [0.29, 0.717) is 64.2 Å². The molecule has 12 saturated heterocycles. The van der Waals surface area contributed by atoms with E-state index in [9.17, 15) is 30.0 Å². The summed E-state index contributed by atoms with van der Waals surface area (Å²) in [5.74, 6) is -3.17. The lowest BCUT2D eigenvalue weighted by Gasteiger charge is -2.55. The lowest BCUT2D eigenvalue weighted by Crippen LogP contribution is -2.63. The zero-order valence-corrected chi connectivity index (χ0v) is 45.2. The smallest absolute Gasteiger partial charge is 0.308 e. The molecule has 4 N–H and O–H groups in total. The van der Waals surface area contributed by atoms with Crippen LogP contribution in [0.25, 0.3) is 0 Å². The molecule has 426 valence electrons. The number of aliphatic hydroxyl groups is 4. The molecule has 2 unspecified atom stereocenters. The summed E-state index contributed by atoms with van der Waals surface area (Å²) in [6.45, 7) is 19.0. The van der Waals surface area contributed by atoms with Crippen LogP contribution in [0.3, 0.4) is 0 Å². The van der Waals surface area contributed by atoms with Gasteiger partial charge in [0.2, 0.25) is 0 Å². The van der Waals surface area contributed by atoms with Crippen molar-refractivity contribution in [3.63, 3.8) is 0 Å². The van der Waals surface area contributed by atoms with Gasteiger partial charge in [-0.1, -0.05) is 40.9 Å². The quantitative estimate of drug-likeness (QED) is 0.215. The van der Waals surface area contributed by atoms with Gasteiger partial charge in [-0.05, 0) is 80.8 Å². The average molecular weight is 1070 g/mol. The molecular formula is C58H86O18. The third-order valence-corrected chi connectivity index (χ3v) is 20.2.